The van der Waals surface area contributed by atoms with Crippen LogP contribution in [-0.2, 0) is 21.7 Å². The summed E-state index contributed by atoms with van der Waals surface area (Å²) in [7, 11) is 1.38. The van der Waals surface area contributed by atoms with Crippen LogP contribution in [0.4, 0.5) is 0 Å². The fourth-order valence-electron chi connectivity index (χ4n) is 1.22. The number of nitrogens with zero attached hydrogens (tertiary/aromatic N) is 2. The minimum absolute atomic E-state index is 0.217. The molecule has 17 heavy (non-hydrogen) atoms. The summed E-state index contributed by atoms with van der Waals surface area (Å²) < 4.78 is 9.72. The van der Waals surface area contributed by atoms with Crippen molar-refractivity contribution in [1.82, 2.24) is 10.1 Å². The van der Waals surface area contributed by atoms with Crippen molar-refractivity contribution in [3.8, 4) is 0 Å². The lowest BCUT2D eigenvalue weighted by molar-refractivity contribution is -0.139. The van der Waals surface area contributed by atoms with Crippen LogP contribution in [0.1, 0.15) is 38.4 Å². The van der Waals surface area contributed by atoms with E-state index in [0.717, 1.165) is 25.1 Å². The van der Waals surface area contributed by atoms with Crippen molar-refractivity contribution in [2.24, 2.45) is 0 Å². The molecule has 0 aliphatic carbocycles. The normalized spacial score (nSPS) is 12.4. The highest BCUT2D eigenvalue weighted by atomic mass is 32.2. The first-order valence-electron chi connectivity index (χ1n) is 5.68. The van der Waals surface area contributed by atoms with Gasteiger partial charge in [0.2, 0.25) is 5.89 Å². The Balaban J connectivity index is 2.36. The highest BCUT2D eigenvalue weighted by molar-refractivity contribution is 7.99. The van der Waals surface area contributed by atoms with Gasteiger partial charge >= 0.3 is 5.97 Å². The Kier molecular flexibility index (Phi) is 6.04. The van der Waals surface area contributed by atoms with Crippen molar-refractivity contribution >= 4 is 17.7 Å². The van der Waals surface area contributed by atoms with E-state index in [4.69, 9.17) is 4.52 Å². The van der Waals surface area contributed by atoms with Crippen LogP contribution in [0.25, 0.3) is 0 Å². The van der Waals surface area contributed by atoms with Gasteiger partial charge < -0.3 is 9.26 Å². The maximum atomic E-state index is 11.2. The molecular weight excluding hydrogens is 240 g/mol. The quantitative estimate of drug-likeness (QED) is 0.699. The molecule has 1 aromatic heterocycles. The van der Waals surface area contributed by atoms with Gasteiger partial charge in [-0.15, -0.1) is 11.8 Å². The third-order valence-electron chi connectivity index (χ3n) is 2.25. The van der Waals surface area contributed by atoms with Gasteiger partial charge in [-0.1, -0.05) is 18.5 Å². The number of aryl methyl sites for hydroxylation is 1. The number of unbranched alkanes of at least 4 members (excludes halogenated alkanes) is 1. The molecule has 1 aromatic rings. The molecule has 0 aliphatic heterocycles. The maximum absolute atomic E-state index is 11.2. The predicted molar refractivity (Wildman–Crippen MR) is 65.7 cm³/mol. The molecule has 1 atom stereocenters. The van der Waals surface area contributed by atoms with Crippen LogP contribution >= 0.6 is 11.8 Å². The molecule has 0 bridgehead atoms. The van der Waals surface area contributed by atoms with Gasteiger partial charge in [0.25, 0.3) is 0 Å². The Morgan fingerprint density at radius 2 is 2.35 bits per heavy atom. The molecular formula is C11H18N2O3S. The van der Waals surface area contributed by atoms with Crippen LogP contribution in [0.5, 0.6) is 0 Å². The second kappa shape index (κ2) is 7.32. The van der Waals surface area contributed by atoms with Crippen LogP contribution in [0.2, 0.25) is 0 Å². The average Bonchev–Trinajstić information content (AvgIpc) is 2.80. The Hall–Kier alpha value is -1.04. The number of methoxy groups -OCH3 is 1. The number of thioether (sulfide) groups is 1. The van der Waals surface area contributed by atoms with Gasteiger partial charge in [-0.2, -0.15) is 4.98 Å². The molecule has 0 radical (unpaired) electrons. The number of hydrogen-bond acceptors (Lipinski definition) is 6. The Morgan fingerprint density at radius 1 is 1.59 bits per heavy atom. The molecule has 0 saturated heterocycles. The third kappa shape index (κ3) is 4.77. The minimum atomic E-state index is -0.235. The van der Waals surface area contributed by atoms with E-state index in [1.54, 1.807) is 6.92 Å². The molecule has 0 aromatic carbocycles. The lowest BCUT2D eigenvalue weighted by Gasteiger charge is -2.05. The summed E-state index contributed by atoms with van der Waals surface area (Å²) in [4.78, 5) is 15.4. The van der Waals surface area contributed by atoms with Crippen molar-refractivity contribution in [2.45, 2.75) is 44.1 Å². The highest BCUT2D eigenvalue weighted by Gasteiger charge is 2.15. The summed E-state index contributed by atoms with van der Waals surface area (Å²) in [5.74, 6) is 1.61. The van der Waals surface area contributed by atoms with Crippen LogP contribution in [0.15, 0.2) is 4.52 Å². The van der Waals surface area contributed by atoms with Crippen molar-refractivity contribution in [3.63, 3.8) is 0 Å². The van der Waals surface area contributed by atoms with E-state index < -0.39 is 0 Å². The molecule has 96 valence electrons. The third-order valence-corrected chi connectivity index (χ3v) is 3.36. The number of aromatic nitrogens is 2. The molecule has 0 aliphatic rings. The first-order valence-corrected chi connectivity index (χ1v) is 6.73. The first-order chi connectivity index (χ1) is 8.17. The molecule has 0 saturated carbocycles. The second-order valence-electron chi connectivity index (χ2n) is 3.68. The van der Waals surface area contributed by atoms with Crippen LogP contribution in [-0.4, -0.2) is 28.5 Å². The number of rotatable bonds is 7. The van der Waals surface area contributed by atoms with Crippen LogP contribution < -0.4 is 0 Å². The summed E-state index contributed by atoms with van der Waals surface area (Å²) in [6, 6.07) is 0. The Bertz CT molecular complexity index is 354. The topological polar surface area (TPSA) is 65.2 Å². The van der Waals surface area contributed by atoms with E-state index in [-0.39, 0.29) is 11.2 Å². The lowest BCUT2D eigenvalue weighted by atomic mass is 10.2. The smallest absolute Gasteiger partial charge is 0.318 e. The van der Waals surface area contributed by atoms with E-state index in [1.807, 2.05) is 0 Å². The Morgan fingerprint density at radius 3 is 3.00 bits per heavy atom. The zero-order valence-corrected chi connectivity index (χ0v) is 11.2. The number of carbonyl (C=O) groups excluding carboxylic acids is 1. The molecule has 1 unspecified atom stereocenters. The fraction of sp³-hybridized carbons (Fsp3) is 0.727. The van der Waals surface area contributed by atoms with Gasteiger partial charge in [0.05, 0.1) is 12.9 Å². The SMILES string of the molecule is CCCCc1noc(CSC(C)C(=O)OC)n1. The van der Waals surface area contributed by atoms with Crippen LogP contribution in [0, 0.1) is 0 Å². The fourth-order valence-corrected chi connectivity index (χ4v) is 1.96. The van der Waals surface area contributed by atoms with E-state index in [1.165, 1.54) is 18.9 Å². The molecule has 1 rings (SSSR count). The van der Waals surface area contributed by atoms with E-state index in [9.17, 15) is 4.79 Å². The van der Waals surface area contributed by atoms with Gasteiger partial charge in [0.1, 0.15) is 5.25 Å². The van der Waals surface area contributed by atoms with Crippen molar-refractivity contribution in [3.05, 3.63) is 11.7 Å². The zero-order chi connectivity index (χ0) is 12.7. The van der Waals surface area contributed by atoms with Gasteiger partial charge in [0, 0.05) is 6.42 Å². The Labute approximate surface area is 105 Å². The summed E-state index contributed by atoms with van der Waals surface area (Å²) in [5.41, 5.74) is 0. The second-order valence-corrected chi connectivity index (χ2v) is 5.01. The number of ether oxygens (including phenoxy) is 1. The highest BCUT2D eigenvalue weighted by Crippen LogP contribution is 2.17. The van der Waals surface area contributed by atoms with Crippen LogP contribution in [0.3, 0.4) is 0 Å². The average molecular weight is 258 g/mol. The molecule has 1 heterocycles. The number of hydrogen-bond donors (Lipinski definition) is 0. The van der Waals surface area contributed by atoms with E-state index >= 15 is 0 Å². The van der Waals surface area contributed by atoms with Crippen molar-refractivity contribution < 1.29 is 14.1 Å². The summed E-state index contributed by atoms with van der Waals surface area (Å²) >= 11 is 1.43. The summed E-state index contributed by atoms with van der Waals surface area (Å²) in [6.07, 6.45) is 3.01. The zero-order valence-electron chi connectivity index (χ0n) is 10.4. The van der Waals surface area contributed by atoms with Gasteiger partial charge in [0.15, 0.2) is 5.82 Å². The number of esters is 1. The maximum Gasteiger partial charge on any atom is 0.318 e. The van der Waals surface area contributed by atoms with E-state index in [0.29, 0.717) is 11.6 Å². The van der Waals surface area contributed by atoms with Gasteiger partial charge in [-0.3, -0.25) is 4.79 Å². The molecule has 0 fully saturated rings. The largest absolute Gasteiger partial charge is 0.468 e. The minimum Gasteiger partial charge on any atom is -0.468 e. The summed E-state index contributed by atoms with van der Waals surface area (Å²) in [6.45, 7) is 3.92. The monoisotopic (exact) mass is 258 g/mol. The van der Waals surface area contributed by atoms with Gasteiger partial charge in [-0.05, 0) is 13.3 Å². The predicted octanol–water partition coefficient (Wildman–Crippen LogP) is 2.21. The molecule has 6 heteroatoms. The van der Waals surface area contributed by atoms with Crippen molar-refractivity contribution in [1.29, 1.82) is 0 Å². The van der Waals surface area contributed by atoms with Crippen molar-refractivity contribution in [2.75, 3.05) is 7.11 Å². The van der Waals surface area contributed by atoms with E-state index in [2.05, 4.69) is 21.8 Å². The number of carbonyl (C=O) groups is 1. The molecule has 0 amide bonds. The molecule has 0 spiro atoms. The van der Waals surface area contributed by atoms with Gasteiger partial charge in [-0.25, -0.2) is 0 Å². The summed E-state index contributed by atoms with van der Waals surface area (Å²) in [5, 5.41) is 3.66. The first kappa shape index (κ1) is 14.0. The lowest BCUT2D eigenvalue weighted by Crippen LogP contribution is -2.14. The standard InChI is InChI=1S/C11H18N2O3S/c1-4-5-6-9-12-10(16-13-9)7-17-8(2)11(14)15-3/h8H,4-7H2,1-3H3. The molecule has 0 N–H and O–H groups in total. The molecule has 5 nitrogen and oxygen atoms in total.